The van der Waals surface area contributed by atoms with Crippen LogP contribution in [0.4, 0.5) is 0 Å². The molecule has 1 aromatic rings. The maximum Gasteiger partial charge on any atom is 0.209 e. The summed E-state index contributed by atoms with van der Waals surface area (Å²) in [4.78, 5) is 11.7. The molecule has 1 unspecified atom stereocenters. The van der Waals surface area contributed by atoms with Gasteiger partial charge in [-0.3, -0.25) is 4.79 Å². The van der Waals surface area contributed by atoms with Gasteiger partial charge < -0.3 is 4.90 Å². The Morgan fingerprint density at radius 2 is 1.73 bits per heavy atom. The summed E-state index contributed by atoms with van der Waals surface area (Å²) < 4.78 is 0. The lowest BCUT2D eigenvalue weighted by Crippen LogP contribution is -2.15. The van der Waals surface area contributed by atoms with Crippen molar-refractivity contribution in [3.05, 3.63) is 34.9 Å². The summed E-state index contributed by atoms with van der Waals surface area (Å²) >= 11 is 5.90. The average Bonchev–Trinajstić information content (AvgIpc) is 3.06. The minimum Gasteiger partial charge on any atom is -0.345 e. The third-order valence-corrected chi connectivity index (χ3v) is 4.43. The molecule has 0 spiro atoms. The molecule has 2 rings (SSSR count). The summed E-state index contributed by atoms with van der Waals surface area (Å²) in [6.07, 6.45) is 9.79. The highest BCUT2D eigenvalue weighted by molar-refractivity contribution is 6.30. The highest BCUT2D eigenvalue weighted by Gasteiger charge is 2.09. The van der Waals surface area contributed by atoms with Crippen LogP contribution in [0.25, 0.3) is 0 Å². The smallest absolute Gasteiger partial charge is 0.209 e. The number of carbonyl (C=O) groups is 1. The van der Waals surface area contributed by atoms with E-state index < -0.39 is 0 Å². The average molecular weight is 324 g/mol. The van der Waals surface area contributed by atoms with Gasteiger partial charge in [0.2, 0.25) is 6.41 Å². The maximum atomic E-state index is 9.93. The van der Waals surface area contributed by atoms with E-state index in [-0.39, 0.29) is 0 Å². The third-order valence-electron chi connectivity index (χ3n) is 4.17. The van der Waals surface area contributed by atoms with E-state index in [9.17, 15) is 4.79 Å². The van der Waals surface area contributed by atoms with Crippen LogP contribution in [0.3, 0.4) is 0 Å². The van der Waals surface area contributed by atoms with Crippen LogP contribution in [0.1, 0.15) is 70.3 Å². The molecule has 124 valence electrons. The molecule has 1 aromatic carbocycles. The SMILES string of the molecule is CCCCC(CCC)c1ccc(Cl)cc1.O=CN1CCCC1. The summed E-state index contributed by atoms with van der Waals surface area (Å²) in [5.41, 5.74) is 1.45. The number of nitrogens with zero attached hydrogens (tertiary/aromatic N) is 1. The van der Waals surface area contributed by atoms with Crippen molar-refractivity contribution >= 4 is 18.0 Å². The zero-order valence-corrected chi connectivity index (χ0v) is 14.8. The summed E-state index contributed by atoms with van der Waals surface area (Å²) in [5.74, 6) is 0.729. The first kappa shape index (κ1) is 19.0. The zero-order chi connectivity index (χ0) is 16.2. The number of hydrogen-bond acceptors (Lipinski definition) is 1. The number of halogens is 1. The van der Waals surface area contributed by atoms with Crippen molar-refractivity contribution in [2.75, 3.05) is 13.1 Å². The van der Waals surface area contributed by atoms with Crippen LogP contribution >= 0.6 is 11.6 Å². The minimum absolute atomic E-state index is 0.729. The molecule has 1 atom stereocenters. The van der Waals surface area contributed by atoms with Gasteiger partial charge in [-0.05, 0) is 49.3 Å². The summed E-state index contributed by atoms with van der Waals surface area (Å²) in [6.45, 7) is 6.47. The van der Waals surface area contributed by atoms with Crippen LogP contribution in [0, 0.1) is 0 Å². The molecule has 1 amide bonds. The lowest BCUT2D eigenvalue weighted by Gasteiger charge is -2.16. The largest absolute Gasteiger partial charge is 0.345 e. The van der Waals surface area contributed by atoms with Gasteiger partial charge in [0.25, 0.3) is 0 Å². The number of amides is 1. The van der Waals surface area contributed by atoms with E-state index in [1.165, 1.54) is 50.5 Å². The van der Waals surface area contributed by atoms with Gasteiger partial charge in [-0.25, -0.2) is 0 Å². The van der Waals surface area contributed by atoms with Gasteiger partial charge in [0, 0.05) is 18.1 Å². The van der Waals surface area contributed by atoms with Crippen LogP contribution in [-0.4, -0.2) is 24.4 Å². The molecule has 1 aliphatic rings. The van der Waals surface area contributed by atoms with Gasteiger partial charge >= 0.3 is 0 Å². The van der Waals surface area contributed by atoms with E-state index in [4.69, 9.17) is 11.6 Å². The molecule has 3 heteroatoms. The summed E-state index contributed by atoms with van der Waals surface area (Å²) in [7, 11) is 0. The quantitative estimate of drug-likeness (QED) is 0.593. The van der Waals surface area contributed by atoms with Crippen molar-refractivity contribution in [3.8, 4) is 0 Å². The van der Waals surface area contributed by atoms with Crippen molar-refractivity contribution in [1.82, 2.24) is 4.90 Å². The lowest BCUT2D eigenvalue weighted by atomic mass is 9.90. The lowest BCUT2D eigenvalue weighted by molar-refractivity contribution is -0.117. The van der Waals surface area contributed by atoms with E-state index in [2.05, 4.69) is 26.0 Å². The van der Waals surface area contributed by atoms with Crippen molar-refractivity contribution < 1.29 is 4.79 Å². The van der Waals surface area contributed by atoms with Crippen molar-refractivity contribution in [3.63, 3.8) is 0 Å². The molecule has 1 fully saturated rings. The zero-order valence-electron chi connectivity index (χ0n) is 14.1. The van der Waals surface area contributed by atoms with E-state index in [0.717, 1.165) is 30.4 Å². The highest BCUT2D eigenvalue weighted by Crippen LogP contribution is 2.27. The Bertz CT molecular complexity index is 398. The van der Waals surface area contributed by atoms with Crippen molar-refractivity contribution in [2.24, 2.45) is 0 Å². The van der Waals surface area contributed by atoms with Gasteiger partial charge in [-0.2, -0.15) is 0 Å². The van der Waals surface area contributed by atoms with Crippen LogP contribution in [0.15, 0.2) is 24.3 Å². The van der Waals surface area contributed by atoms with Crippen LogP contribution in [0.5, 0.6) is 0 Å². The normalized spacial score (nSPS) is 15.1. The third kappa shape index (κ3) is 7.31. The number of unbranched alkanes of at least 4 members (excludes halogenated alkanes) is 1. The number of benzene rings is 1. The Balaban J connectivity index is 0.000000287. The van der Waals surface area contributed by atoms with E-state index in [1.807, 2.05) is 12.1 Å². The molecule has 2 nitrogen and oxygen atoms in total. The van der Waals surface area contributed by atoms with Gasteiger partial charge in [0.05, 0.1) is 0 Å². The first-order valence-electron chi connectivity index (χ1n) is 8.66. The van der Waals surface area contributed by atoms with Crippen LogP contribution in [-0.2, 0) is 4.79 Å². The second-order valence-electron chi connectivity index (χ2n) is 6.03. The molecule has 1 aliphatic heterocycles. The Kier molecular flexibility index (Phi) is 9.98. The van der Waals surface area contributed by atoms with Gasteiger partial charge in [-0.15, -0.1) is 0 Å². The molecule has 0 bridgehead atoms. The van der Waals surface area contributed by atoms with Crippen LogP contribution in [0.2, 0.25) is 5.02 Å². The first-order chi connectivity index (χ1) is 10.7. The molecule has 22 heavy (non-hydrogen) atoms. The fourth-order valence-electron chi connectivity index (χ4n) is 2.86. The van der Waals surface area contributed by atoms with Gasteiger partial charge in [-0.1, -0.05) is 56.8 Å². The molecular weight excluding hydrogens is 294 g/mol. The maximum absolute atomic E-state index is 9.93. The molecule has 0 N–H and O–H groups in total. The Morgan fingerprint density at radius 3 is 2.18 bits per heavy atom. The number of likely N-dealkylation sites (tertiary alicyclic amines) is 1. The molecular formula is C19H30ClNO. The van der Waals surface area contributed by atoms with Crippen LogP contribution < -0.4 is 0 Å². The minimum atomic E-state index is 0.729. The van der Waals surface area contributed by atoms with Gasteiger partial charge in [0.15, 0.2) is 0 Å². The molecule has 0 saturated carbocycles. The van der Waals surface area contributed by atoms with E-state index in [0.29, 0.717) is 0 Å². The summed E-state index contributed by atoms with van der Waals surface area (Å²) in [5, 5.41) is 0.837. The molecule has 1 saturated heterocycles. The number of rotatable bonds is 7. The predicted octanol–water partition coefficient (Wildman–Crippen LogP) is 5.65. The number of hydrogen-bond donors (Lipinski definition) is 0. The monoisotopic (exact) mass is 323 g/mol. The highest BCUT2D eigenvalue weighted by atomic mass is 35.5. The van der Waals surface area contributed by atoms with Gasteiger partial charge in [0.1, 0.15) is 0 Å². The predicted molar refractivity (Wildman–Crippen MR) is 95.5 cm³/mol. The Labute approximate surface area is 140 Å². The Morgan fingerprint density at radius 1 is 1.09 bits per heavy atom. The van der Waals surface area contributed by atoms with Crippen molar-refractivity contribution in [1.29, 1.82) is 0 Å². The fraction of sp³-hybridized carbons (Fsp3) is 0.632. The standard InChI is InChI=1S/C14H21Cl.C5H9NO/c1-3-5-7-12(6-4-2)13-8-10-14(15)11-9-13;7-5-6-3-1-2-4-6/h8-12H,3-7H2,1-2H3;5H,1-4H2. The molecule has 1 heterocycles. The Hall–Kier alpha value is -1.02. The summed E-state index contributed by atoms with van der Waals surface area (Å²) in [6, 6.07) is 8.37. The number of carbonyl (C=O) groups excluding carboxylic acids is 1. The molecule has 0 aromatic heterocycles. The molecule has 0 aliphatic carbocycles. The van der Waals surface area contributed by atoms with E-state index in [1.54, 1.807) is 4.90 Å². The fourth-order valence-corrected chi connectivity index (χ4v) is 2.98. The van der Waals surface area contributed by atoms with Crippen molar-refractivity contribution in [2.45, 2.75) is 64.7 Å². The topological polar surface area (TPSA) is 20.3 Å². The second-order valence-corrected chi connectivity index (χ2v) is 6.46. The molecule has 0 radical (unpaired) electrons. The van der Waals surface area contributed by atoms with E-state index >= 15 is 0 Å². The second kappa shape index (κ2) is 11.5. The first-order valence-corrected chi connectivity index (χ1v) is 9.03.